The molecule has 0 heterocycles. The molecular formula is C29H32Cl2FN3O4S. The van der Waals surface area contributed by atoms with Crippen molar-refractivity contribution in [2.75, 3.05) is 10.8 Å². The summed E-state index contributed by atoms with van der Waals surface area (Å²) in [6.07, 6.45) is 0.244. The van der Waals surface area contributed by atoms with Crippen molar-refractivity contribution >= 4 is 50.7 Å². The summed E-state index contributed by atoms with van der Waals surface area (Å²) in [5.74, 6) is -1.63. The number of aryl methyl sites for hydroxylation is 1. The Labute approximate surface area is 244 Å². The summed E-state index contributed by atoms with van der Waals surface area (Å²) in [4.78, 5) is 28.5. The van der Waals surface area contributed by atoms with Crippen LogP contribution in [0.3, 0.4) is 0 Å². The summed E-state index contributed by atoms with van der Waals surface area (Å²) in [5, 5.41) is 3.42. The lowest BCUT2D eigenvalue weighted by molar-refractivity contribution is -0.140. The van der Waals surface area contributed by atoms with Gasteiger partial charge in [-0.25, -0.2) is 12.8 Å². The second-order valence-electron chi connectivity index (χ2n) is 9.61. The summed E-state index contributed by atoms with van der Waals surface area (Å²) < 4.78 is 42.3. The Morgan fingerprint density at radius 2 is 1.52 bits per heavy atom. The van der Waals surface area contributed by atoms with Gasteiger partial charge in [-0.3, -0.25) is 13.9 Å². The lowest BCUT2D eigenvalue weighted by atomic mass is 10.1. The number of carbonyl (C=O) groups excluding carboxylic acids is 2. The van der Waals surface area contributed by atoms with Gasteiger partial charge >= 0.3 is 0 Å². The van der Waals surface area contributed by atoms with Gasteiger partial charge in [-0.1, -0.05) is 53.9 Å². The summed E-state index contributed by atoms with van der Waals surface area (Å²) in [7, 11) is -4.26. The number of nitrogens with zero attached hydrogens (tertiary/aromatic N) is 2. The average Bonchev–Trinajstić information content (AvgIpc) is 2.89. The molecule has 0 bridgehead atoms. The first kappa shape index (κ1) is 31.4. The quantitative estimate of drug-likeness (QED) is 0.291. The summed E-state index contributed by atoms with van der Waals surface area (Å²) >= 11 is 12.8. The van der Waals surface area contributed by atoms with E-state index in [1.165, 1.54) is 29.2 Å². The van der Waals surface area contributed by atoms with E-state index in [0.29, 0.717) is 15.6 Å². The Kier molecular flexibility index (Phi) is 10.6. The van der Waals surface area contributed by atoms with Crippen LogP contribution in [0.4, 0.5) is 10.1 Å². The Morgan fingerprint density at radius 1 is 0.950 bits per heavy atom. The smallest absolute Gasteiger partial charge is 0.264 e. The number of halogens is 3. The largest absolute Gasteiger partial charge is 0.352 e. The van der Waals surface area contributed by atoms with Crippen molar-refractivity contribution in [2.24, 2.45) is 0 Å². The van der Waals surface area contributed by atoms with Gasteiger partial charge < -0.3 is 10.2 Å². The zero-order valence-corrected chi connectivity index (χ0v) is 25.0. The fourth-order valence-corrected chi connectivity index (χ4v) is 6.06. The molecule has 0 saturated carbocycles. The molecule has 0 saturated heterocycles. The Balaban J connectivity index is 2.10. The van der Waals surface area contributed by atoms with Gasteiger partial charge in [-0.15, -0.1) is 0 Å². The highest BCUT2D eigenvalue weighted by atomic mass is 35.5. The number of benzene rings is 3. The minimum Gasteiger partial charge on any atom is -0.352 e. The standard InChI is InChI=1S/C29H32Cl2FN3O4S/c1-5-27(29(37)33-19(2)3)34(17-24-25(30)7-6-8-26(24)31)28(36)18-35(22-13-11-21(32)12-14-22)40(38,39)23-15-9-20(4)10-16-23/h6-16,19,27H,5,17-18H2,1-4H3,(H,33,37)/t27-/m1/s1. The van der Waals surface area contributed by atoms with Gasteiger partial charge in [-0.05, 0) is 75.7 Å². The number of amides is 2. The lowest BCUT2D eigenvalue weighted by Crippen LogP contribution is -2.53. The summed E-state index contributed by atoms with van der Waals surface area (Å²) in [6, 6.07) is 14.7. The average molecular weight is 609 g/mol. The van der Waals surface area contributed by atoms with Crippen LogP contribution in [-0.2, 0) is 26.2 Å². The molecule has 1 atom stereocenters. The predicted octanol–water partition coefficient (Wildman–Crippen LogP) is 5.97. The maximum Gasteiger partial charge on any atom is 0.264 e. The maximum absolute atomic E-state index is 14.0. The van der Waals surface area contributed by atoms with Crippen LogP contribution in [0.1, 0.15) is 38.3 Å². The van der Waals surface area contributed by atoms with Crippen LogP contribution < -0.4 is 9.62 Å². The normalized spacial score (nSPS) is 12.2. The first-order chi connectivity index (χ1) is 18.8. The fourth-order valence-electron chi connectivity index (χ4n) is 4.13. The van der Waals surface area contributed by atoms with Gasteiger partial charge in [0, 0.05) is 28.2 Å². The van der Waals surface area contributed by atoms with Crippen LogP contribution >= 0.6 is 23.2 Å². The number of anilines is 1. The first-order valence-electron chi connectivity index (χ1n) is 12.7. The number of hydrogen-bond donors (Lipinski definition) is 1. The second kappa shape index (κ2) is 13.5. The van der Waals surface area contributed by atoms with Crippen molar-refractivity contribution in [3.8, 4) is 0 Å². The van der Waals surface area contributed by atoms with E-state index in [0.717, 1.165) is 22.0 Å². The van der Waals surface area contributed by atoms with E-state index in [9.17, 15) is 22.4 Å². The van der Waals surface area contributed by atoms with E-state index in [1.54, 1.807) is 51.1 Å². The summed E-state index contributed by atoms with van der Waals surface area (Å²) in [6.45, 7) is 6.37. The van der Waals surface area contributed by atoms with E-state index < -0.39 is 40.2 Å². The minimum absolute atomic E-state index is 0.0412. The molecule has 11 heteroatoms. The predicted molar refractivity (Wildman–Crippen MR) is 156 cm³/mol. The Bertz CT molecular complexity index is 1430. The molecule has 0 unspecified atom stereocenters. The third-order valence-corrected chi connectivity index (χ3v) is 8.71. The van der Waals surface area contributed by atoms with E-state index in [2.05, 4.69) is 5.32 Å². The van der Waals surface area contributed by atoms with Crippen molar-refractivity contribution in [1.82, 2.24) is 10.2 Å². The van der Waals surface area contributed by atoms with Crippen molar-refractivity contribution in [1.29, 1.82) is 0 Å². The fraction of sp³-hybridized carbons (Fsp3) is 0.310. The topological polar surface area (TPSA) is 86.8 Å². The first-order valence-corrected chi connectivity index (χ1v) is 14.9. The number of carbonyl (C=O) groups is 2. The number of sulfonamides is 1. The van der Waals surface area contributed by atoms with E-state index >= 15 is 0 Å². The molecule has 0 fully saturated rings. The third kappa shape index (κ3) is 7.53. The zero-order chi connectivity index (χ0) is 29.6. The molecule has 0 aromatic heterocycles. The highest BCUT2D eigenvalue weighted by molar-refractivity contribution is 7.92. The Morgan fingerprint density at radius 3 is 2.05 bits per heavy atom. The van der Waals surface area contributed by atoms with Crippen molar-refractivity contribution < 1.29 is 22.4 Å². The molecule has 0 radical (unpaired) electrons. The lowest BCUT2D eigenvalue weighted by Gasteiger charge is -2.34. The van der Waals surface area contributed by atoms with E-state index in [-0.39, 0.29) is 29.6 Å². The van der Waals surface area contributed by atoms with Crippen LogP contribution in [0, 0.1) is 12.7 Å². The van der Waals surface area contributed by atoms with Crippen molar-refractivity contribution in [3.05, 3.63) is 93.7 Å². The van der Waals surface area contributed by atoms with Crippen LogP contribution in [0.15, 0.2) is 71.6 Å². The van der Waals surface area contributed by atoms with Gasteiger partial charge in [0.25, 0.3) is 10.0 Å². The molecule has 3 aromatic rings. The molecule has 1 N–H and O–H groups in total. The molecule has 214 valence electrons. The molecular weight excluding hydrogens is 576 g/mol. The van der Waals surface area contributed by atoms with Gasteiger partial charge in [-0.2, -0.15) is 0 Å². The monoisotopic (exact) mass is 607 g/mol. The van der Waals surface area contributed by atoms with Crippen molar-refractivity contribution in [2.45, 2.75) is 57.6 Å². The van der Waals surface area contributed by atoms with Gasteiger partial charge in [0.05, 0.1) is 10.6 Å². The van der Waals surface area contributed by atoms with Crippen LogP contribution in [0.25, 0.3) is 0 Å². The van der Waals surface area contributed by atoms with Gasteiger partial charge in [0.1, 0.15) is 18.4 Å². The molecule has 2 amide bonds. The highest BCUT2D eigenvalue weighted by Crippen LogP contribution is 2.29. The van der Waals surface area contributed by atoms with Crippen LogP contribution in [0.2, 0.25) is 10.0 Å². The third-order valence-electron chi connectivity index (χ3n) is 6.21. The van der Waals surface area contributed by atoms with Gasteiger partial charge in [0.2, 0.25) is 11.8 Å². The minimum atomic E-state index is -4.26. The zero-order valence-electron chi connectivity index (χ0n) is 22.7. The van der Waals surface area contributed by atoms with Crippen LogP contribution in [-0.4, -0.2) is 43.8 Å². The Hall–Kier alpha value is -3.14. The second-order valence-corrected chi connectivity index (χ2v) is 12.3. The van der Waals surface area contributed by atoms with E-state index in [1.807, 2.05) is 6.92 Å². The maximum atomic E-state index is 14.0. The molecule has 7 nitrogen and oxygen atoms in total. The van der Waals surface area contributed by atoms with Crippen LogP contribution in [0.5, 0.6) is 0 Å². The van der Waals surface area contributed by atoms with Gasteiger partial charge in [0.15, 0.2) is 0 Å². The molecule has 3 aromatic carbocycles. The number of rotatable bonds is 11. The highest BCUT2D eigenvalue weighted by Gasteiger charge is 2.34. The number of nitrogens with one attached hydrogen (secondary N) is 1. The molecule has 40 heavy (non-hydrogen) atoms. The molecule has 0 spiro atoms. The number of hydrogen-bond acceptors (Lipinski definition) is 4. The molecule has 3 rings (SSSR count). The molecule has 0 aliphatic carbocycles. The SMILES string of the molecule is CC[C@H](C(=O)NC(C)C)N(Cc1c(Cl)cccc1Cl)C(=O)CN(c1ccc(F)cc1)S(=O)(=O)c1ccc(C)cc1. The van der Waals surface area contributed by atoms with Crippen molar-refractivity contribution in [3.63, 3.8) is 0 Å². The molecule has 0 aliphatic heterocycles. The molecule has 0 aliphatic rings. The summed E-state index contributed by atoms with van der Waals surface area (Å²) in [5.41, 5.74) is 1.36. The van der Waals surface area contributed by atoms with E-state index in [4.69, 9.17) is 23.2 Å².